The minimum absolute atomic E-state index is 0.110. The molecule has 0 spiro atoms. The molecule has 0 aliphatic carbocycles. The van der Waals surface area contributed by atoms with E-state index >= 15 is 0 Å². The van der Waals surface area contributed by atoms with Crippen molar-refractivity contribution in [3.8, 4) is 6.07 Å². The molecule has 0 N–H and O–H groups in total. The van der Waals surface area contributed by atoms with Crippen molar-refractivity contribution in [3.05, 3.63) is 0 Å². The summed E-state index contributed by atoms with van der Waals surface area (Å²) in [6.45, 7) is 8.93. The van der Waals surface area contributed by atoms with Gasteiger partial charge in [0.15, 0.2) is 0 Å². The molecule has 0 fully saturated rings. The molecular weight excluding hydrogens is 204 g/mol. The van der Waals surface area contributed by atoms with Crippen LogP contribution in [0, 0.1) is 17.2 Å². The highest BCUT2D eigenvalue weighted by Gasteiger charge is 2.17. The van der Waals surface area contributed by atoms with E-state index < -0.39 is 0 Å². The largest absolute Gasteiger partial charge is 0.449 e. The molecule has 4 nitrogen and oxygen atoms in total. The first-order valence-corrected chi connectivity index (χ1v) is 5.79. The SMILES string of the molecule is CC(C)COC(=O)N(CCCC#N)C(C)C. The number of nitrogens with zero attached hydrogens (tertiary/aromatic N) is 2. The van der Waals surface area contributed by atoms with E-state index in [-0.39, 0.29) is 12.1 Å². The summed E-state index contributed by atoms with van der Waals surface area (Å²) in [5.41, 5.74) is 0. The zero-order valence-corrected chi connectivity index (χ0v) is 10.7. The number of hydrogen-bond donors (Lipinski definition) is 0. The molecule has 0 atom stereocenters. The average Bonchev–Trinajstić information content (AvgIpc) is 2.20. The van der Waals surface area contributed by atoms with Gasteiger partial charge in [0.25, 0.3) is 0 Å². The van der Waals surface area contributed by atoms with Gasteiger partial charge >= 0.3 is 6.09 Å². The first-order valence-electron chi connectivity index (χ1n) is 5.79. The second kappa shape index (κ2) is 7.98. The molecule has 0 bridgehead atoms. The van der Waals surface area contributed by atoms with Gasteiger partial charge in [0.05, 0.1) is 12.7 Å². The quantitative estimate of drug-likeness (QED) is 0.654. The van der Waals surface area contributed by atoms with Gasteiger partial charge in [0.2, 0.25) is 0 Å². The van der Waals surface area contributed by atoms with Crippen molar-refractivity contribution in [2.45, 2.75) is 46.6 Å². The fraction of sp³-hybridized carbons (Fsp3) is 0.833. The Balaban J connectivity index is 4.09. The zero-order chi connectivity index (χ0) is 12.6. The minimum Gasteiger partial charge on any atom is -0.449 e. The van der Waals surface area contributed by atoms with Crippen LogP contribution in [0.5, 0.6) is 0 Å². The molecule has 0 unspecified atom stereocenters. The number of nitriles is 1. The van der Waals surface area contributed by atoms with Crippen molar-refractivity contribution in [3.63, 3.8) is 0 Å². The van der Waals surface area contributed by atoms with Crippen molar-refractivity contribution >= 4 is 6.09 Å². The molecular formula is C12H22N2O2. The van der Waals surface area contributed by atoms with Crippen molar-refractivity contribution in [1.29, 1.82) is 5.26 Å². The lowest BCUT2D eigenvalue weighted by atomic mass is 10.2. The van der Waals surface area contributed by atoms with E-state index in [4.69, 9.17) is 10.00 Å². The van der Waals surface area contributed by atoms with E-state index in [9.17, 15) is 4.79 Å². The number of carbonyl (C=O) groups excluding carboxylic acids is 1. The van der Waals surface area contributed by atoms with Gasteiger partial charge in [-0.3, -0.25) is 0 Å². The van der Waals surface area contributed by atoms with Crippen LogP contribution < -0.4 is 0 Å². The van der Waals surface area contributed by atoms with Crippen LogP contribution in [-0.2, 0) is 4.74 Å². The van der Waals surface area contributed by atoms with Crippen LogP contribution in [0.3, 0.4) is 0 Å². The summed E-state index contributed by atoms with van der Waals surface area (Å²) in [5, 5.41) is 8.45. The van der Waals surface area contributed by atoms with Gasteiger partial charge in [0.1, 0.15) is 0 Å². The first-order chi connectivity index (χ1) is 7.49. The summed E-state index contributed by atoms with van der Waals surface area (Å²) in [5.74, 6) is 0.345. The third-order valence-electron chi connectivity index (χ3n) is 2.09. The molecule has 0 aromatic carbocycles. The summed E-state index contributed by atoms with van der Waals surface area (Å²) in [4.78, 5) is 13.4. The molecule has 0 aromatic heterocycles. The van der Waals surface area contributed by atoms with Gasteiger partial charge in [-0.25, -0.2) is 4.79 Å². The van der Waals surface area contributed by atoms with Crippen LogP contribution in [0.4, 0.5) is 4.79 Å². The Labute approximate surface area is 98.2 Å². The molecule has 0 heterocycles. The number of carbonyl (C=O) groups is 1. The highest BCUT2D eigenvalue weighted by Crippen LogP contribution is 2.05. The van der Waals surface area contributed by atoms with Crippen LogP contribution in [-0.4, -0.2) is 30.2 Å². The molecule has 0 aromatic rings. The zero-order valence-electron chi connectivity index (χ0n) is 10.7. The molecule has 0 aliphatic rings. The van der Waals surface area contributed by atoms with Gasteiger partial charge in [-0.2, -0.15) is 5.26 Å². The third-order valence-corrected chi connectivity index (χ3v) is 2.09. The predicted molar refractivity (Wildman–Crippen MR) is 62.9 cm³/mol. The van der Waals surface area contributed by atoms with Gasteiger partial charge in [0, 0.05) is 19.0 Å². The van der Waals surface area contributed by atoms with Gasteiger partial charge in [-0.1, -0.05) is 13.8 Å². The van der Waals surface area contributed by atoms with Crippen molar-refractivity contribution in [2.24, 2.45) is 5.92 Å². The second-order valence-electron chi connectivity index (χ2n) is 4.52. The fourth-order valence-electron chi connectivity index (χ4n) is 1.21. The summed E-state index contributed by atoms with van der Waals surface area (Å²) in [7, 11) is 0. The maximum atomic E-state index is 11.7. The normalized spacial score (nSPS) is 10.3. The Morgan fingerprint density at radius 1 is 1.38 bits per heavy atom. The average molecular weight is 226 g/mol. The van der Waals surface area contributed by atoms with E-state index in [1.54, 1.807) is 4.90 Å². The highest BCUT2D eigenvalue weighted by atomic mass is 16.6. The van der Waals surface area contributed by atoms with E-state index in [0.29, 0.717) is 31.9 Å². The Morgan fingerprint density at radius 2 is 2.00 bits per heavy atom. The lowest BCUT2D eigenvalue weighted by Gasteiger charge is -2.26. The number of rotatable bonds is 6. The predicted octanol–water partition coefficient (Wildman–Crippen LogP) is 2.79. The lowest BCUT2D eigenvalue weighted by molar-refractivity contribution is 0.0819. The Kier molecular flexibility index (Phi) is 7.36. The molecule has 92 valence electrons. The smallest absolute Gasteiger partial charge is 0.409 e. The molecule has 0 aliphatic heterocycles. The maximum Gasteiger partial charge on any atom is 0.409 e. The van der Waals surface area contributed by atoms with Crippen molar-refractivity contribution in [1.82, 2.24) is 4.90 Å². The van der Waals surface area contributed by atoms with E-state index in [1.165, 1.54) is 0 Å². The van der Waals surface area contributed by atoms with Crippen molar-refractivity contribution < 1.29 is 9.53 Å². The molecule has 0 saturated heterocycles. The standard InChI is InChI=1S/C12H22N2O2/c1-10(2)9-16-12(15)14(11(3)4)8-6-5-7-13/h10-11H,5-6,8-9H2,1-4H3. The van der Waals surface area contributed by atoms with Gasteiger partial charge in [-0.15, -0.1) is 0 Å². The van der Waals surface area contributed by atoms with E-state index in [0.717, 1.165) is 0 Å². The summed E-state index contributed by atoms with van der Waals surface area (Å²) >= 11 is 0. The van der Waals surface area contributed by atoms with E-state index in [1.807, 2.05) is 27.7 Å². The first kappa shape index (κ1) is 14.8. The molecule has 0 saturated carbocycles. The fourth-order valence-corrected chi connectivity index (χ4v) is 1.21. The Hall–Kier alpha value is -1.24. The molecule has 16 heavy (non-hydrogen) atoms. The number of unbranched alkanes of at least 4 members (excludes halogenated alkanes) is 1. The molecule has 4 heteroatoms. The number of amides is 1. The minimum atomic E-state index is -0.276. The number of ether oxygens (including phenoxy) is 1. The maximum absolute atomic E-state index is 11.7. The summed E-state index contributed by atoms with van der Waals surface area (Å²) in [6, 6.07) is 2.18. The van der Waals surface area contributed by atoms with Gasteiger partial charge in [-0.05, 0) is 26.2 Å². The number of hydrogen-bond acceptors (Lipinski definition) is 3. The Morgan fingerprint density at radius 3 is 2.44 bits per heavy atom. The van der Waals surface area contributed by atoms with E-state index in [2.05, 4.69) is 6.07 Å². The molecule has 1 amide bonds. The van der Waals surface area contributed by atoms with Crippen molar-refractivity contribution in [2.75, 3.05) is 13.2 Å². The third kappa shape index (κ3) is 6.28. The van der Waals surface area contributed by atoms with Crippen LogP contribution in [0.2, 0.25) is 0 Å². The molecule has 0 radical (unpaired) electrons. The highest BCUT2D eigenvalue weighted by molar-refractivity contribution is 5.67. The molecule has 0 rings (SSSR count). The lowest BCUT2D eigenvalue weighted by Crippen LogP contribution is -2.38. The van der Waals surface area contributed by atoms with Crippen LogP contribution >= 0.6 is 0 Å². The summed E-state index contributed by atoms with van der Waals surface area (Å²) < 4.78 is 5.16. The van der Waals surface area contributed by atoms with Crippen LogP contribution in [0.25, 0.3) is 0 Å². The second-order valence-corrected chi connectivity index (χ2v) is 4.52. The van der Waals surface area contributed by atoms with Crippen LogP contribution in [0.1, 0.15) is 40.5 Å². The van der Waals surface area contributed by atoms with Gasteiger partial charge < -0.3 is 9.64 Å². The summed E-state index contributed by atoms with van der Waals surface area (Å²) in [6.07, 6.45) is 0.896. The monoisotopic (exact) mass is 226 g/mol. The van der Waals surface area contributed by atoms with Crippen LogP contribution in [0.15, 0.2) is 0 Å². The topological polar surface area (TPSA) is 53.3 Å². The Bertz CT molecular complexity index is 244.